The second kappa shape index (κ2) is 1.32. The molecule has 1 fully saturated rings. The fraction of sp³-hybridized carbons (Fsp3) is 0.833. The maximum Gasteiger partial charge on any atom is 0.120 e. The first-order chi connectivity index (χ1) is 3.27. The molecular weight excluding hydrogens is 88.1 g/mol. The van der Waals surface area contributed by atoms with Gasteiger partial charge in [0.1, 0.15) is 6.29 Å². The highest BCUT2D eigenvalue weighted by molar-refractivity contribution is 5.51. The number of carbonyl (C=O) groups excluding carboxylic acids is 1. The predicted molar refractivity (Wildman–Crippen MR) is 28.0 cm³/mol. The Kier molecular flexibility index (Phi) is 0.911. The van der Waals surface area contributed by atoms with Gasteiger partial charge in [-0.1, -0.05) is 6.92 Å². The van der Waals surface area contributed by atoms with E-state index in [1.165, 1.54) is 12.8 Å². The van der Waals surface area contributed by atoms with E-state index in [1.54, 1.807) is 0 Å². The summed E-state index contributed by atoms with van der Waals surface area (Å²) in [6.07, 6.45) is 4.30. The molecule has 0 bridgehead atoms. The molecule has 0 unspecified atom stereocenters. The first-order valence-corrected chi connectivity index (χ1v) is 2.70. The maximum atomic E-state index is 9.86. The Morgan fingerprint density at radius 1 is 1.71 bits per heavy atom. The molecule has 1 rings (SSSR count). The van der Waals surface area contributed by atoms with E-state index in [-0.39, 0.29) is 0 Å². The molecule has 1 saturated carbocycles. The van der Waals surface area contributed by atoms with E-state index in [2.05, 4.69) is 6.92 Å². The lowest BCUT2D eigenvalue weighted by atomic mass is 10.1. The van der Waals surface area contributed by atoms with Crippen molar-refractivity contribution in [2.45, 2.75) is 26.2 Å². The van der Waals surface area contributed by atoms with Gasteiger partial charge in [0.25, 0.3) is 0 Å². The van der Waals surface area contributed by atoms with Crippen molar-refractivity contribution < 1.29 is 4.79 Å². The van der Waals surface area contributed by atoms with Crippen LogP contribution >= 0.6 is 0 Å². The van der Waals surface area contributed by atoms with Crippen LogP contribution in [0.5, 0.6) is 0 Å². The fourth-order valence-electron chi connectivity index (χ4n) is 0.619. The molecule has 1 aliphatic carbocycles. The normalized spacial score (nSPS) is 24.1. The number of carbonyl (C=O) groups is 1. The summed E-state index contributed by atoms with van der Waals surface area (Å²) in [6.45, 7) is 2.15. The standard InChI is InChI=1S/C6H10O/c1-6(2-3-6)4-5-7/h5H,2-4H2,1H3. The first kappa shape index (κ1) is 4.82. The predicted octanol–water partition coefficient (Wildman–Crippen LogP) is 1.38. The number of hydrogen-bond acceptors (Lipinski definition) is 1. The van der Waals surface area contributed by atoms with Crippen LogP contribution in [-0.4, -0.2) is 6.29 Å². The Morgan fingerprint density at radius 3 is 2.43 bits per heavy atom. The molecule has 40 valence electrons. The monoisotopic (exact) mass is 98.1 g/mol. The zero-order valence-corrected chi connectivity index (χ0v) is 4.61. The van der Waals surface area contributed by atoms with Gasteiger partial charge in [0.15, 0.2) is 0 Å². The van der Waals surface area contributed by atoms with E-state index < -0.39 is 0 Å². The van der Waals surface area contributed by atoms with Crippen molar-refractivity contribution in [1.29, 1.82) is 0 Å². The molecular formula is C6H10O. The molecule has 0 aliphatic heterocycles. The Morgan fingerprint density at radius 2 is 2.29 bits per heavy atom. The molecule has 0 atom stereocenters. The molecule has 0 amide bonds. The van der Waals surface area contributed by atoms with Gasteiger partial charge in [0.2, 0.25) is 0 Å². The Balaban J connectivity index is 2.25. The maximum absolute atomic E-state index is 9.86. The van der Waals surface area contributed by atoms with E-state index in [4.69, 9.17) is 0 Å². The highest BCUT2D eigenvalue weighted by Gasteiger charge is 2.36. The van der Waals surface area contributed by atoms with Crippen molar-refractivity contribution in [2.75, 3.05) is 0 Å². The van der Waals surface area contributed by atoms with Gasteiger partial charge < -0.3 is 4.79 Å². The Bertz CT molecular complexity index is 82.2. The summed E-state index contributed by atoms with van der Waals surface area (Å²) in [5, 5.41) is 0. The summed E-state index contributed by atoms with van der Waals surface area (Å²) in [5.41, 5.74) is 0.432. The van der Waals surface area contributed by atoms with Crippen molar-refractivity contribution in [3.63, 3.8) is 0 Å². The van der Waals surface area contributed by atoms with Crippen molar-refractivity contribution in [2.24, 2.45) is 5.41 Å². The number of hydrogen-bond donors (Lipinski definition) is 0. The van der Waals surface area contributed by atoms with Gasteiger partial charge >= 0.3 is 0 Å². The Labute approximate surface area is 43.7 Å². The molecule has 0 saturated heterocycles. The smallest absolute Gasteiger partial charge is 0.120 e. The highest BCUT2D eigenvalue weighted by Crippen LogP contribution is 2.47. The lowest BCUT2D eigenvalue weighted by Gasteiger charge is -1.95. The topological polar surface area (TPSA) is 17.1 Å². The van der Waals surface area contributed by atoms with E-state index in [9.17, 15) is 4.79 Å². The van der Waals surface area contributed by atoms with Gasteiger partial charge in [-0.2, -0.15) is 0 Å². The average molecular weight is 98.1 g/mol. The summed E-state index contributed by atoms with van der Waals surface area (Å²) in [5.74, 6) is 0. The van der Waals surface area contributed by atoms with E-state index in [0.29, 0.717) is 5.41 Å². The quantitative estimate of drug-likeness (QED) is 0.477. The zero-order valence-electron chi connectivity index (χ0n) is 4.61. The summed E-state index contributed by atoms with van der Waals surface area (Å²) < 4.78 is 0. The first-order valence-electron chi connectivity index (χ1n) is 2.70. The molecule has 7 heavy (non-hydrogen) atoms. The van der Waals surface area contributed by atoms with Crippen LogP contribution in [0.1, 0.15) is 26.2 Å². The van der Waals surface area contributed by atoms with Crippen LogP contribution in [-0.2, 0) is 4.79 Å². The highest BCUT2D eigenvalue weighted by atomic mass is 16.1. The van der Waals surface area contributed by atoms with Gasteiger partial charge in [0.05, 0.1) is 0 Å². The zero-order chi connectivity index (χ0) is 5.33. The van der Waals surface area contributed by atoms with Crippen molar-refractivity contribution in [3.05, 3.63) is 0 Å². The van der Waals surface area contributed by atoms with E-state index in [0.717, 1.165) is 12.7 Å². The molecule has 1 heteroatoms. The minimum Gasteiger partial charge on any atom is -0.303 e. The summed E-state index contributed by atoms with van der Waals surface area (Å²) in [6, 6.07) is 0. The van der Waals surface area contributed by atoms with Gasteiger partial charge in [-0.15, -0.1) is 0 Å². The van der Waals surface area contributed by atoms with Crippen LogP contribution in [0.4, 0.5) is 0 Å². The minimum absolute atomic E-state index is 0.432. The van der Waals surface area contributed by atoms with Gasteiger partial charge in [-0.25, -0.2) is 0 Å². The lowest BCUT2D eigenvalue weighted by Crippen LogP contribution is -1.91. The molecule has 0 N–H and O–H groups in total. The second-order valence-electron chi connectivity index (χ2n) is 2.68. The summed E-state index contributed by atoms with van der Waals surface area (Å²) >= 11 is 0. The van der Waals surface area contributed by atoms with Crippen LogP contribution in [0.3, 0.4) is 0 Å². The van der Waals surface area contributed by atoms with Crippen molar-refractivity contribution >= 4 is 6.29 Å². The molecule has 0 radical (unpaired) electrons. The largest absolute Gasteiger partial charge is 0.303 e. The van der Waals surface area contributed by atoms with Crippen LogP contribution in [0.2, 0.25) is 0 Å². The molecule has 0 heterocycles. The Hall–Kier alpha value is -0.330. The van der Waals surface area contributed by atoms with Gasteiger partial charge in [-0.05, 0) is 18.3 Å². The third kappa shape index (κ3) is 1.02. The number of rotatable bonds is 2. The summed E-state index contributed by atoms with van der Waals surface area (Å²) in [7, 11) is 0. The van der Waals surface area contributed by atoms with Crippen molar-refractivity contribution in [1.82, 2.24) is 0 Å². The summed E-state index contributed by atoms with van der Waals surface area (Å²) in [4.78, 5) is 9.86. The van der Waals surface area contributed by atoms with E-state index >= 15 is 0 Å². The minimum atomic E-state index is 0.432. The molecule has 0 aromatic heterocycles. The van der Waals surface area contributed by atoms with Crippen LogP contribution < -0.4 is 0 Å². The average Bonchev–Trinajstić information content (AvgIpc) is 2.22. The van der Waals surface area contributed by atoms with Gasteiger partial charge in [0, 0.05) is 6.42 Å². The molecule has 1 aliphatic rings. The van der Waals surface area contributed by atoms with Gasteiger partial charge in [-0.3, -0.25) is 0 Å². The number of aldehydes is 1. The third-order valence-electron chi connectivity index (χ3n) is 1.68. The van der Waals surface area contributed by atoms with Crippen LogP contribution in [0.15, 0.2) is 0 Å². The molecule has 0 spiro atoms. The third-order valence-corrected chi connectivity index (χ3v) is 1.68. The van der Waals surface area contributed by atoms with Crippen molar-refractivity contribution in [3.8, 4) is 0 Å². The molecule has 0 aromatic carbocycles. The SMILES string of the molecule is CC1(CC=O)CC1. The van der Waals surface area contributed by atoms with E-state index in [1.807, 2.05) is 0 Å². The molecule has 1 nitrogen and oxygen atoms in total. The lowest BCUT2D eigenvalue weighted by molar-refractivity contribution is -0.108. The second-order valence-corrected chi connectivity index (χ2v) is 2.68. The van der Waals surface area contributed by atoms with Crippen LogP contribution in [0.25, 0.3) is 0 Å². The fourth-order valence-corrected chi connectivity index (χ4v) is 0.619. The van der Waals surface area contributed by atoms with Crippen LogP contribution in [0, 0.1) is 5.41 Å². The molecule has 0 aromatic rings.